The van der Waals surface area contributed by atoms with Gasteiger partial charge in [-0.25, -0.2) is 19.9 Å². The second kappa shape index (κ2) is 11.5. The Morgan fingerprint density at radius 3 is 2.53 bits per heavy atom. The summed E-state index contributed by atoms with van der Waals surface area (Å²) in [6.07, 6.45) is 3.90. The van der Waals surface area contributed by atoms with Gasteiger partial charge in [0.15, 0.2) is 5.82 Å². The number of hydrogen-bond donors (Lipinski definition) is 4. The van der Waals surface area contributed by atoms with Crippen LogP contribution in [0.1, 0.15) is 37.6 Å². The summed E-state index contributed by atoms with van der Waals surface area (Å²) in [5.41, 5.74) is 2.44. The van der Waals surface area contributed by atoms with Crippen molar-refractivity contribution in [3.05, 3.63) is 41.9 Å². The highest BCUT2D eigenvalue weighted by molar-refractivity contribution is 5.89. The van der Waals surface area contributed by atoms with Gasteiger partial charge in [0.05, 0.1) is 18.4 Å². The molecule has 1 aliphatic heterocycles. The number of aliphatic hydroxyl groups excluding tert-OH is 2. The molecule has 1 atom stereocenters. The Hall–Kier alpha value is -2.92. The minimum absolute atomic E-state index is 0.218. The number of pyridine rings is 2. The van der Waals surface area contributed by atoms with E-state index in [4.69, 9.17) is 5.11 Å². The molecule has 0 aromatic carbocycles. The number of aliphatic hydroxyl groups is 2. The SMILES string of the molecule is CCCNc1nc([C@@H](C)O)cc2cnc(Nc3ccc(CN4CCN(CCO)CC4)cn3)nc12. The van der Waals surface area contributed by atoms with Crippen molar-refractivity contribution in [3.8, 4) is 0 Å². The van der Waals surface area contributed by atoms with Crippen LogP contribution in [0.4, 0.5) is 17.6 Å². The van der Waals surface area contributed by atoms with Gasteiger partial charge >= 0.3 is 0 Å². The highest BCUT2D eigenvalue weighted by Crippen LogP contribution is 2.25. The fraction of sp³-hybridized carbons (Fsp3) is 0.500. The molecule has 10 heteroatoms. The molecule has 182 valence electrons. The van der Waals surface area contributed by atoms with Crippen LogP contribution in [0.15, 0.2) is 30.6 Å². The van der Waals surface area contributed by atoms with Crippen molar-refractivity contribution >= 4 is 28.5 Å². The van der Waals surface area contributed by atoms with Crippen molar-refractivity contribution in [2.45, 2.75) is 32.9 Å². The van der Waals surface area contributed by atoms with Crippen molar-refractivity contribution in [1.82, 2.24) is 29.7 Å². The molecule has 3 aromatic heterocycles. The minimum Gasteiger partial charge on any atom is -0.395 e. The average molecular weight is 467 g/mol. The Morgan fingerprint density at radius 1 is 1.06 bits per heavy atom. The molecule has 10 nitrogen and oxygen atoms in total. The van der Waals surface area contributed by atoms with Crippen LogP contribution in [-0.4, -0.2) is 85.8 Å². The number of hydrogen-bond acceptors (Lipinski definition) is 10. The summed E-state index contributed by atoms with van der Waals surface area (Å²) in [5, 5.41) is 26.4. The maximum Gasteiger partial charge on any atom is 0.229 e. The number of nitrogens with one attached hydrogen (secondary N) is 2. The molecule has 0 spiro atoms. The summed E-state index contributed by atoms with van der Waals surface area (Å²) in [7, 11) is 0. The monoisotopic (exact) mass is 466 g/mol. The topological polar surface area (TPSA) is 123 Å². The molecule has 0 unspecified atom stereocenters. The molecule has 0 aliphatic carbocycles. The fourth-order valence-electron chi connectivity index (χ4n) is 3.98. The number of aromatic nitrogens is 4. The first kappa shape index (κ1) is 24.2. The predicted octanol–water partition coefficient (Wildman–Crippen LogP) is 2.15. The van der Waals surface area contributed by atoms with E-state index in [9.17, 15) is 5.11 Å². The van der Waals surface area contributed by atoms with Crippen LogP contribution in [0.3, 0.4) is 0 Å². The third kappa shape index (κ3) is 6.15. The molecule has 4 heterocycles. The molecular weight excluding hydrogens is 432 g/mol. The zero-order valence-electron chi connectivity index (χ0n) is 19.9. The van der Waals surface area contributed by atoms with E-state index in [1.54, 1.807) is 13.1 Å². The van der Waals surface area contributed by atoms with Gasteiger partial charge < -0.3 is 20.8 Å². The number of rotatable bonds is 10. The van der Waals surface area contributed by atoms with Crippen molar-refractivity contribution in [2.75, 3.05) is 56.5 Å². The number of β-amino-alcohol motifs (C(OH)–C–C–N with tert-alkyl or cyclic N) is 1. The quantitative estimate of drug-likeness (QED) is 0.353. The Labute approximate surface area is 200 Å². The molecule has 0 saturated carbocycles. The number of piperazine rings is 1. The van der Waals surface area contributed by atoms with Crippen molar-refractivity contribution in [3.63, 3.8) is 0 Å². The lowest BCUT2D eigenvalue weighted by atomic mass is 10.2. The summed E-state index contributed by atoms with van der Waals surface area (Å²) in [6, 6.07) is 5.83. The van der Waals surface area contributed by atoms with Gasteiger partial charge in [-0.05, 0) is 31.0 Å². The average Bonchev–Trinajstić information content (AvgIpc) is 2.85. The first-order valence-corrected chi connectivity index (χ1v) is 11.9. The van der Waals surface area contributed by atoms with Gasteiger partial charge in [-0.1, -0.05) is 13.0 Å². The van der Waals surface area contributed by atoms with Crippen LogP contribution in [0.2, 0.25) is 0 Å². The lowest BCUT2D eigenvalue weighted by molar-refractivity contribution is 0.108. The highest BCUT2D eigenvalue weighted by atomic mass is 16.3. The Bertz CT molecular complexity index is 1070. The van der Waals surface area contributed by atoms with Gasteiger partial charge in [-0.15, -0.1) is 0 Å². The molecule has 3 aromatic rings. The molecule has 1 aliphatic rings. The lowest BCUT2D eigenvalue weighted by Gasteiger charge is -2.34. The predicted molar refractivity (Wildman–Crippen MR) is 133 cm³/mol. The summed E-state index contributed by atoms with van der Waals surface area (Å²) in [6.45, 7) is 10.3. The van der Waals surface area contributed by atoms with Crippen LogP contribution in [0, 0.1) is 0 Å². The molecule has 4 N–H and O–H groups in total. The maximum atomic E-state index is 9.98. The Morgan fingerprint density at radius 2 is 1.85 bits per heavy atom. The standard InChI is InChI=1S/C24H34N8O2/c1-3-6-25-23-22-19(13-20(28-23)17(2)34)15-27-24(30-22)29-21-5-4-18(14-26-21)16-32-9-7-31(8-10-32)11-12-33/h4-5,13-15,17,33-34H,3,6-12,16H2,1-2H3,(H,25,28)(H,26,27,29,30)/t17-/m1/s1. The van der Waals surface area contributed by atoms with Gasteiger partial charge in [0.2, 0.25) is 5.95 Å². The second-order valence-electron chi connectivity index (χ2n) is 8.65. The maximum absolute atomic E-state index is 9.98. The normalized spacial score (nSPS) is 16.0. The molecule has 34 heavy (non-hydrogen) atoms. The Balaban J connectivity index is 1.43. The smallest absolute Gasteiger partial charge is 0.229 e. The van der Waals surface area contributed by atoms with Crippen molar-refractivity contribution in [1.29, 1.82) is 0 Å². The largest absolute Gasteiger partial charge is 0.395 e. The number of nitrogens with zero attached hydrogens (tertiary/aromatic N) is 6. The number of anilines is 3. The molecular formula is C24H34N8O2. The van der Waals surface area contributed by atoms with E-state index in [0.29, 0.717) is 28.8 Å². The molecule has 0 amide bonds. The van der Waals surface area contributed by atoms with E-state index in [0.717, 1.165) is 63.2 Å². The van der Waals surface area contributed by atoms with Gasteiger partial charge in [0.1, 0.15) is 11.3 Å². The van der Waals surface area contributed by atoms with Crippen molar-refractivity contribution < 1.29 is 10.2 Å². The zero-order valence-corrected chi connectivity index (χ0v) is 19.9. The van der Waals surface area contributed by atoms with E-state index in [1.807, 2.05) is 18.3 Å². The van der Waals surface area contributed by atoms with E-state index in [1.165, 1.54) is 0 Å². The highest BCUT2D eigenvalue weighted by Gasteiger charge is 2.17. The lowest BCUT2D eigenvalue weighted by Crippen LogP contribution is -2.46. The Kier molecular flexibility index (Phi) is 8.17. The van der Waals surface area contributed by atoms with E-state index >= 15 is 0 Å². The summed E-state index contributed by atoms with van der Waals surface area (Å²) in [4.78, 5) is 22.9. The first-order chi connectivity index (χ1) is 16.6. The molecule has 0 radical (unpaired) electrons. The molecule has 1 saturated heterocycles. The van der Waals surface area contributed by atoms with Gasteiger partial charge in [0.25, 0.3) is 0 Å². The number of fused-ring (bicyclic) bond motifs is 1. The summed E-state index contributed by atoms with van der Waals surface area (Å²) in [5.74, 6) is 1.76. The van der Waals surface area contributed by atoms with Crippen LogP contribution in [0.25, 0.3) is 10.9 Å². The van der Waals surface area contributed by atoms with E-state index in [2.05, 4.69) is 53.4 Å². The van der Waals surface area contributed by atoms with Gasteiger partial charge in [-0.3, -0.25) is 9.80 Å². The van der Waals surface area contributed by atoms with Crippen molar-refractivity contribution in [2.24, 2.45) is 0 Å². The molecule has 0 bridgehead atoms. The first-order valence-electron chi connectivity index (χ1n) is 11.9. The van der Waals surface area contributed by atoms with Gasteiger partial charge in [0, 0.05) is 63.6 Å². The third-order valence-corrected chi connectivity index (χ3v) is 5.91. The molecule has 1 fully saturated rings. The van der Waals surface area contributed by atoms with E-state index < -0.39 is 6.10 Å². The molecule has 4 rings (SSSR count). The van der Waals surface area contributed by atoms with Gasteiger partial charge in [-0.2, -0.15) is 0 Å². The summed E-state index contributed by atoms with van der Waals surface area (Å²) < 4.78 is 0. The minimum atomic E-state index is -0.670. The van der Waals surface area contributed by atoms with Crippen LogP contribution < -0.4 is 10.6 Å². The van der Waals surface area contributed by atoms with Crippen LogP contribution in [-0.2, 0) is 6.54 Å². The fourth-order valence-corrected chi connectivity index (χ4v) is 3.98. The second-order valence-corrected chi connectivity index (χ2v) is 8.65. The van der Waals surface area contributed by atoms with Crippen LogP contribution >= 0.6 is 0 Å². The van der Waals surface area contributed by atoms with Crippen LogP contribution in [0.5, 0.6) is 0 Å². The zero-order chi connectivity index (χ0) is 23.9. The third-order valence-electron chi connectivity index (χ3n) is 5.91. The van der Waals surface area contributed by atoms with E-state index in [-0.39, 0.29) is 6.61 Å². The summed E-state index contributed by atoms with van der Waals surface area (Å²) >= 11 is 0.